The fourth-order valence-corrected chi connectivity index (χ4v) is 2.33. The van der Waals surface area contributed by atoms with E-state index in [4.69, 9.17) is 0 Å². The topological polar surface area (TPSA) is 85.8 Å². The molecule has 0 spiro atoms. The number of H-pyrrole nitrogens is 1. The van der Waals surface area contributed by atoms with Crippen molar-refractivity contribution in [3.63, 3.8) is 0 Å². The summed E-state index contributed by atoms with van der Waals surface area (Å²) in [5, 5.41) is 11.9. The molecular weight excluding hydrogens is 334 g/mol. The molecule has 1 aromatic heterocycles. The van der Waals surface area contributed by atoms with Crippen molar-refractivity contribution in [2.75, 3.05) is 0 Å². The van der Waals surface area contributed by atoms with Gasteiger partial charge in [0.15, 0.2) is 0 Å². The predicted octanol–water partition coefficient (Wildman–Crippen LogP) is 2.44. The number of halogens is 1. The molecule has 1 heterocycles. The Bertz CT molecular complexity index is 777. The molecule has 0 radical (unpaired) electrons. The molecule has 0 bridgehead atoms. The van der Waals surface area contributed by atoms with E-state index < -0.39 is 11.9 Å². The number of aryl methyl sites for hydroxylation is 1. The minimum Gasteiger partial charge on any atom is -0.332 e. The molecule has 0 saturated carbocycles. The summed E-state index contributed by atoms with van der Waals surface area (Å²) in [4.78, 5) is 25.9. The van der Waals surface area contributed by atoms with Crippen molar-refractivity contribution in [1.29, 1.82) is 5.26 Å². The highest BCUT2D eigenvalue weighted by atomic mass is 79.9. The van der Waals surface area contributed by atoms with Gasteiger partial charge in [0.05, 0.1) is 11.6 Å². The highest BCUT2D eigenvalue weighted by Crippen LogP contribution is 2.18. The number of carbonyl (C=O) groups is 1. The van der Waals surface area contributed by atoms with Gasteiger partial charge in [-0.2, -0.15) is 5.26 Å². The fraction of sp³-hybridized carbons (Fsp3) is 0.133. The van der Waals surface area contributed by atoms with Crippen LogP contribution in [0.3, 0.4) is 0 Å². The van der Waals surface area contributed by atoms with Crippen LogP contribution in [-0.4, -0.2) is 10.9 Å². The number of pyridine rings is 1. The number of hydrogen-bond acceptors (Lipinski definition) is 3. The molecule has 1 unspecified atom stereocenters. The Labute approximate surface area is 129 Å². The highest BCUT2D eigenvalue weighted by Gasteiger charge is 2.17. The smallest absolute Gasteiger partial charge is 0.254 e. The van der Waals surface area contributed by atoms with Crippen LogP contribution in [0.2, 0.25) is 0 Å². The standard InChI is InChI=1S/C15H12BrN3O2/c1-9-12(5-6-14(20)18-9)15(21)19-13(8-17)10-3-2-4-11(16)7-10/h2-7,13H,1H3,(H,18,20)(H,19,21). The molecule has 0 aliphatic heterocycles. The third-order valence-electron chi connectivity index (χ3n) is 2.95. The van der Waals surface area contributed by atoms with Crippen LogP contribution in [-0.2, 0) is 0 Å². The molecule has 106 valence electrons. The highest BCUT2D eigenvalue weighted by molar-refractivity contribution is 9.10. The summed E-state index contributed by atoms with van der Waals surface area (Å²) in [6.07, 6.45) is 0. The van der Waals surface area contributed by atoms with Crippen LogP contribution < -0.4 is 10.9 Å². The maximum Gasteiger partial charge on any atom is 0.254 e. The molecule has 2 N–H and O–H groups in total. The van der Waals surface area contributed by atoms with Crippen LogP contribution in [0.15, 0.2) is 45.7 Å². The number of nitrogens with one attached hydrogen (secondary N) is 2. The van der Waals surface area contributed by atoms with Gasteiger partial charge in [0, 0.05) is 16.2 Å². The van der Waals surface area contributed by atoms with Crippen molar-refractivity contribution in [3.8, 4) is 6.07 Å². The minimum atomic E-state index is -0.763. The summed E-state index contributed by atoms with van der Waals surface area (Å²) in [6.45, 7) is 1.64. The number of aromatic nitrogens is 1. The first-order chi connectivity index (χ1) is 10.0. The maximum absolute atomic E-state index is 12.2. The van der Waals surface area contributed by atoms with Gasteiger partial charge in [0.25, 0.3) is 5.91 Å². The van der Waals surface area contributed by atoms with Gasteiger partial charge in [-0.25, -0.2) is 0 Å². The third kappa shape index (κ3) is 3.58. The van der Waals surface area contributed by atoms with Crippen molar-refractivity contribution in [2.24, 2.45) is 0 Å². The van der Waals surface area contributed by atoms with E-state index in [1.54, 1.807) is 25.1 Å². The summed E-state index contributed by atoms with van der Waals surface area (Å²) >= 11 is 3.33. The summed E-state index contributed by atoms with van der Waals surface area (Å²) in [6, 6.07) is 11.2. The van der Waals surface area contributed by atoms with E-state index >= 15 is 0 Å². The van der Waals surface area contributed by atoms with Crippen molar-refractivity contribution >= 4 is 21.8 Å². The van der Waals surface area contributed by atoms with Gasteiger partial charge in [0.1, 0.15) is 6.04 Å². The first kappa shape index (κ1) is 15.0. The second-order valence-electron chi connectivity index (χ2n) is 4.45. The number of carbonyl (C=O) groups excluding carboxylic acids is 1. The Kier molecular flexibility index (Phi) is 4.55. The molecule has 5 nitrogen and oxygen atoms in total. The summed E-state index contributed by atoms with van der Waals surface area (Å²) in [5.74, 6) is -0.407. The van der Waals surface area contributed by atoms with Gasteiger partial charge in [-0.3, -0.25) is 9.59 Å². The number of aromatic amines is 1. The van der Waals surface area contributed by atoms with Crippen LogP contribution in [0.5, 0.6) is 0 Å². The lowest BCUT2D eigenvalue weighted by Crippen LogP contribution is -2.29. The lowest BCUT2D eigenvalue weighted by atomic mass is 10.1. The van der Waals surface area contributed by atoms with Gasteiger partial charge in [-0.05, 0) is 30.7 Å². The molecule has 1 aromatic carbocycles. The first-order valence-corrected chi connectivity index (χ1v) is 6.96. The first-order valence-electron chi connectivity index (χ1n) is 6.17. The van der Waals surface area contributed by atoms with E-state index in [0.717, 1.165) is 4.47 Å². The van der Waals surface area contributed by atoms with Crippen molar-refractivity contribution in [1.82, 2.24) is 10.3 Å². The van der Waals surface area contributed by atoms with Gasteiger partial charge in [-0.15, -0.1) is 0 Å². The van der Waals surface area contributed by atoms with Crippen molar-refractivity contribution in [3.05, 3.63) is 68.0 Å². The maximum atomic E-state index is 12.2. The largest absolute Gasteiger partial charge is 0.332 e. The lowest BCUT2D eigenvalue weighted by molar-refractivity contribution is 0.0944. The van der Waals surface area contributed by atoms with E-state index in [0.29, 0.717) is 16.8 Å². The van der Waals surface area contributed by atoms with Gasteiger partial charge < -0.3 is 10.3 Å². The Balaban J connectivity index is 2.25. The Morgan fingerprint density at radius 2 is 2.14 bits per heavy atom. The zero-order chi connectivity index (χ0) is 15.4. The molecule has 0 fully saturated rings. The molecular formula is C15H12BrN3O2. The van der Waals surface area contributed by atoms with Crippen LogP contribution in [0.25, 0.3) is 0 Å². The number of hydrogen-bond donors (Lipinski definition) is 2. The van der Waals surface area contributed by atoms with Crippen molar-refractivity contribution in [2.45, 2.75) is 13.0 Å². The second kappa shape index (κ2) is 6.37. The number of nitrogens with zero attached hydrogens (tertiary/aromatic N) is 1. The third-order valence-corrected chi connectivity index (χ3v) is 3.44. The number of benzene rings is 1. The molecule has 0 aliphatic carbocycles. The summed E-state index contributed by atoms with van der Waals surface area (Å²) in [5.41, 5.74) is 1.21. The van der Waals surface area contributed by atoms with Gasteiger partial charge in [0.2, 0.25) is 5.56 Å². The Hall–Kier alpha value is -2.39. The molecule has 6 heteroatoms. The summed E-state index contributed by atoms with van der Waals surface area (Å²) in [7, 11) is 0. The monoisotopic (exact) mass is 345 g/mol. The van der Waals surface area contributed by atoms with E-state index in [9.17, 15) is 14.9 Å². The Morgan fingerprint density at radius 3 is 2.76 bits per heavy atom. The molecule has 2 aromatic rings. The Morgan fingerprint density at radius 1 is 1.38 bits per heavy atom. The second-order valence-corrected chi connectivity index (χ2v) is 5.37. The average molecular weight is 346 g/mol. The predicted molar refractivity (Wildman–Crippen MR) is 81.8 cm³/mol. The van der Waals surface area contributed by atoms with Crippen LogP contribution in [0.1, 0.15) is 27.7 Å². The number of amides is 1. The zero-order valence-corrected chi connectivity index (χ0v) is 12.8. The quantitative estimate of drug-likeness (QED) is 0.895. The average Bonchev–Trinajstić information content (AvgIpc) is 2.44. The van der Waals surface area contributed by atoms with E-state index in [1.165, 1.54) is 12.1 Å². The molecule has 0 saturated heterocycles. The SMILES string of the molecule is Cc1[nH]c(=O)ccc1C(=O)NC(C#N)c1cccc(Br)c1. The summed E-state index contributed by atoms with van der Waals surface area (Å²) < 4.78 is 0.828. The lowest BCUT2D eigenvalue weighted by Gasteiger charge is -2.13. The van der Waals surface area contributed by atoms with E-state index in [1.807, 2.05) is 6.07 Å². The van der Waals surface area contributed by atoms with E-state index in [2.05, 4.69) is 32.3 Å². The van der Waals surface area contributed by atoms with Crippen LogP contribution in [0.4, 0.5) is 0 Å². The minimum absolute atomic E-state index is 0.270. The van der Waals surface area contributed by atoms with Gasteiger partial charge in [-0.1, -0.05) is 28.1 Å². The fourth-order valence-electron chi connectivity index (χ4n) is 1.91. The number of nitriles is 1. The normalized spacial score (nSPS) is 11.5. The zero-order valence-electron chi connectivity index (χ0n) is 11.2. The van der Waals surface area contributed by atoms with E-state index in [-0.39, 0.29) is 5.56 Å². The molecule has 1 amide bonds. The molecule has 2 rings (SSSR count). The van der Waals surface area contributed by atoms with Crippen LogP contribution in [0, 0.1) is 18.3 Å². The van der Waals surface area contributed by atoms with Crippen LogP contribution >= 0.6 is 15.9 Å². The number of rotatable bonds is 3. The molecule has 1 atom stereocenters. The van der Waals surface area contributed by atoms with Crippen molar-refractivity contribution < 1.29 is 4.79 Å². The van der Waals surface area contributed by atoms with Gasteiger partial charge >= 0.3 is 0 Å². The molecule has 21 heavy (non-hydrogen) atoms. The molecule has 0 aliphatic rings.